The van der Waals surface area contributed by atoms with Gasteiger partial charge in [0.1, 0.15) is 0 Å². The number of rotatable bonds is 4. The highest BCUT2D eigenvalue weighted by molar-refractivity contribution is 5.82. The predicted molar refractivity (Wildman–Crippen MR) is 107 cm³/mol. The van der Waals surface area contributed by atoms with E-state index in [0.717, 1.165) is 58.3 Å². The molecular formula is C22H30N4O. The Morgan fingerprint density at radius 2 is 2.04 bits per heavy atom. The minimum Gasteiger partial charge on any atom is -0.342 e. The number of hydrogen-bond acceptors (Lipinski definition) is 3. The van der Waals surface area contributed by atoms with Crippen molar-refractivity contribution in [2.45, 2.75) is 44.9 Å². The number of piperidine rings is 2. The molecule has 1 aromatic heterocycles. The summed E-state index contributed by atoms with van der Waals surface area (Å²) in [5.74, 6) is 0.801. The number of likely N-dealkylation sites (tertiary alicyclic amines) is 1. The number of H-pyrrole nitrogens is 1. The average molecular weight is 367 g/mol. The van der Waals surface area contributed by atoms with Crippen LogP contribution < -0.4 is 5.32 Å². The molecule has 2 aliphatic heterocycles. The van der Waals surface area contributed by atoms with E-state index in [9.17, 15) is 4.79 Å². The van der Waals surface area contributed by atoms with Crippen LogP contribution >= 0.6 is 0 Å². The van der Waals surface area contributed by atoms with E-state index in [0.29, 0.717) is 11.8 Å². The molecule has 2 fully saturated rings. The first kappa shape index (κ1) is 18.2. The fourth-order valence-corrected chi connectivity index (χ4v) is 4.62. The van der Waals surface area contributed by atoms with Gasteiger partial charge in [-0.2, -0.15) is 5.10 Å². The van der Waals surface area contributed by atoms with Gasteiger partial charge in [-0.3, -0.25) is 9.89 Å². The Morgan fingerprint density at radius 1 is 1.26 bits per heavy atom. The molecule has 2 aromatic rings. The monoisotopic (exact) mass is 366 g/mol. The van der Waals surface area contributed by atoms with Gasteiger partial charge in [0.2, 0.25) is 5.91 Å². The van der Waals surface area contributed by atoms with Crippen LogP contribution in [0.15, 0.2) is 36.5 Å². The molecule has 0 bridgehead atoms. The van der Waals surface area contributed by atoms with Crippen molar-refractivity contribution in [2.24, 2.45) is 5.41 Å². The van der Waals surface area contributed by atoms with E-state index in [1.54, 1.807) is 0 Å². The first-order valence-electron chi connectivity index (χ1n) is 10.2. The Labute approximate surface area is 161 Å². The Bertz CT molecular complexity index is 756. The van der Waals surface area contributed by atoms with E-state index in [-0.39, 0.29) is 5.41 Å². The minimum absolute atomic E-state index is 0.225. The van der Waals surface area contributed by atoms with E-state index in [1.807, 2.05) is 6.20 Å². The number of aromatic amines is 1. The lowest BCUT2D eigenvalue weighted by atomic mass is 9.80. The van der Waals surface area contributed by atoms with Gasteiger partial charge in [0, 0.05) is 37.7 Å². The van der Waals surface area contributed by atoms with Gasteiger partial charge in [-0.05, 0) is 50.3 Å². The average Bonchev–Trinajstić information content (AvgIpc) is 3.17. The molecule has 1 amide bonds. The molecule has 0 radical (unpaired) electrons. The Hall–Kier alpha value is -2.14. The van der Waals surface area contributed by atoms with Crippen LogP contribution in [0.2, 0.25) is 0 Å². The summed E-state index contributed by atoms with van der Waals surface area (Å²) in [7, 11) is 0. The molecular weight excluding hydrogens is 336 g/mol. The van der Waals surface area contributed by atoms with Crippen molar-refractivity contribution in [3.05, 3.63) is 53.3 Å². The van der Waals surface area contributed by atoms with Crippen LogP contribution in [0.25, 0.3) is 0 Å². The summed E-state index contributed by atoms with van der Waals surface area (Å²) < 4.78 is 0. The maximum absolute atomic E-state index is 13.0. The minimum atomic E-state index is -0.225. The van der Waals surface area contributed by atoms with E-state index in [1.165, 1.54) is 16.8 Å². The van der Waals surface area contributed by atoms with Crippen LogP contribution in [-0.2, 0) is 11.2 Å². The van der Waals surface area contributed by atoms with Crippen molar-refractivity contribution in [1.82, 2.24) is 20.4 Å². The lowest BCUT2D eigenvalue weighted by molar-refractivity contribution is -0.143. The summed E-state index contributed by atoms with van der Waals surface area (Å²) in [5.41, 5.74) is 3.63. The first-order chi connectivity index (χ1) is 13.2. The van der Waals surface area contributed by atoms with Crippen LogP contribution in [0, 0.1) is 5.41 Å². The van der Waals surface area contributed by atoms with Crippen molar-refractivity contribution in [1.29, 1.82) is 0 Å². The van der Waals surface area contributed by atoms with Crippen molar-refractivity contribution in [3.8, 4) is 0 Å². The fourth-order valence-electron chi connectivity index (χ4n) is 4.62. The third-order valence-electron chi connectivity index (χ3n) is 6.29. The van der Waals surface area contributed by atoms with E-state index < -0.39 is 0 Å². The molecule has 0 saturated carbocycles. The maximum atomic E-state index is 13.0. The molecule has 0 aliphatic carbocycles. The lowest BCUT2D eigenvalue weighted by Gasteiger charge is -2.40. The molecule has 4 rings (SSSR count). The Balaban J connectivity index is 1.38. The van der Waals surface area contributed by atoms with E-state index in [4.69, 9.17) is 0 Å². The van der Waals surface area contributed by atoms with Crippen molar-refractivity contribution >= 4 is 5.91 Å². The topological polar surface area (TPSA) is 61.0 Å². The van der Waals surface area contributed by atoms with Gasteiger partial charge in [0.05, 0.1) is 11.6 Å². The molecule has 0 spiro atoms. The zero-order valence-corrected chi connectivity index (χ0v) is 16.2. The number of nitrogens with zero attached hydrogens (tertiary/aromatic N) is 2. The molecule has 5 nitrogen and oxygen atoms in total. The van der Waals surface area contributed by atoms with Crippen molar-refractivity contribution < 1.29 is 4.79 Å². The van der Waals surface area contributed by atoms with Crippen LogP contribution in [-0.4, -0.2) is 47.2 Å². The second-order valence-electron chi connectivity index (χ2n) is 8.38. The molecule has 5 heteroatoms. The number of hydrogen-bond donors (Lipinski definition) is 2. The van der Waals surface area contributed by atoms with Gasteiger partial charge >= 0.3 is 0 Å². The zero-order valence-electron chi connectivity index (χ0n) is 16.2. The Kier molecular flexibility index (Phi) is 5.30. The van der Waals surface area contributed by atoms with Gasteiger partial charge in [0.15, 0.2) is 0 Å². The fraction of sp³-hybridized carbons (Fsp3) is 0.545. The first-order valence-corrected chi connectivity index (χ1v) is 10.2. The summed E-state index contributed by atoms with van der Waals surface area (Å²) in [6.45, 7) is 5.68. The number of nitrogens with one attached hydrogen (secondary N) is 2. The van der Waals surface area contributed by atoms with Crippen molar-refractivity contribution in [3.63, 3.8) is 0 Å². The van der Waals surface area contributed by atoms with Gasteiger partial charge in [-0.25, -0.2) is 0 Å². The summed E-state index contributed by atoms with van der Waals surface area (Å²) in [6, 6.07) is 10.5. The highest BCUT2D eigenvalue weighted by Crippen LogP contribution is 2.33. The maximum Gasteiger partial charge on any atom is 0.229 e. The number of carbonyl (C=O) groups is 1. The second kappa shape index (κ2) is 7.85. The van der Waals surface area contributed by atoms with Gasteiger partial charge < -0.3 is 10.2 Å². The highest BCUT2D eigenvalue weighted by atomic mass is 16.2. The molecule has 144 valence electrons. The lowest BCUT2D eigenvalue weighted by Crippen LogP contribution is -2.52. The second-order valence-corrected chi connectivity index (χ2v) is 8.38. The van der Waals surface area contributed by atoms with Crippen LogP contribution in [0.1, 0.15) is 55.3 Å². The van der Waals surface area contributed by atoms with Gasteiger partial charge in [-0.1, -0.05) is 30.3 Å². The van der Waals surface area contributed by atoms with Crippen LogP contribution in [0.5, 0.6) is 0 Å². The number of aromatic nitrogens is 2. The highest BCUT2D eigenvalue weighted by Gasteiger charge is 2.39. The number of benzene rings is 1. The van der Waals surface area contributed by atoms with E-state index >= 15 is 0 Å². The standard InChI is InChI=1S/C22H30N4O/c1-22(10-5-11-23-16-22)21(27)26-12-8-18(9-13-26)20-19(15-24-25-20)14-17-6-3-2-4-7-17/h2-4,6-7,15,18,23H,5,8-14,16H2,1H3,(H,24,25). The number of carbonyl (C=O) groups excluding carboxylic acids is 1. The zero-order chi connectivity index (χ0) is 18.7. The number of amides is 1. The molecule has 27 heavy (non-hydrogen) atoms. The molecule has 1 atom stereocenters. The SMILES string of the molecule is CC1(C(=O)N2CCC(c3[nH]ncc3Cc3ccccc3)CC2)CCCNC1. The molecule has 1 aromatic carbocycles. The summed E-state index contributed by atoms with van der Waals surface area (Å²) >= 11 is 0. The third-order valence-corrected chi connectivity index (χ3v) is 6.29. The third kappa shape index (κ3) is 3.93. The normalized spacial score (nSPS) is 24.1. The molecule has 2 saturated heterocycles. The summed E-state index contributed by atoms with van der Waals surface area (Å²) in [5, 5.41) is 11.0. The quantitative estimate of drug-likeness (QED) is 0.874. The molecule has 3 heterocycles. The van der Waals surface area contributed by atoms with Gasteiger partial charge in [-0.15, -0.1) is 0 Å². The smallest absolute Gasteiger partial charge is 0.229 e. The summed E-state index contributed by atoms with van der Waals surface area (Å²) in [4.78, 5) is 15.1. The van der Waals surface area contributed by atoms with Gasteiger partial charge in [0.25, 0.3) is 0 Å². The molecule has 2 aliphatic rings. The molecule has 1 unspecified atom stereocenters. The van der Waals surface area contributed by atoms with Crippen molar-refractivity contribution in [2.75, 3.05) is 26.2 Å². The largest absolute Gasteiger partial charge is 0.342 e. The molecule has 2 N–H and O–H groups in total. The predicted octanol–water partition coefficient (Wildman–Crippen LogP) is 3.10. The van der Waals surface area contributed by atoms with E-state index in [2.05, 4.69) is 57.7 Å². The van der Waals surface area contributed by atoms with Crippen LogP contribution in [0.4, 0.5) is 0 Å². The summed E-state index contributed by atoms with van der Waals surface area (Å²) in [6.07, 6.45) is 7.00. The van der Waals surface area contributed by atoms with Crippen LogP contribution in [0.3, 0.4) is 0 Å². The Morgan fingerprint density at radius 3 is 2.74 bits per heavy atom.